The van der Waals surface area contributed by atoms with E-state index in [-0.39, 0.29) is 17.7 Å². The first-order chi connectivity index (χ1) is 6.50. The molecule has 3 N–H and O–H groups in total. The van der Waals surface area contributed by atoms with Gasteiger partial charge in [-0.05, 0) is 6.07 Å². The minimum atomic E-state index is -2.70. The molecule has 1 aromatic rings. The highest BCUT2D eigenvalue weighted by Gasteiger charge is 2.12. The molecule has 0 bridgehead atoms. The van der Waals surface area contributed by atoms with E-state index < -0.39 is 18.1 Å². The van der Waals surface area contributed by atoms with Gasteiger partial charge in [0.25, 0.3) is 6.43 Å². The van der Waals surface area contributed by atoms with Gasteiger partial charge < -0.3 is 10.8 Å². The molecule has 0 saturated heterocycles. The summed E-state index contributed by atoms with van der Waals surface area (Å²) in [6.07, 6.45) is -1.95. The SMILES string of the molecule is Nc1cc(C(F)F)ncc1CC(=O)O. The fraction of sp³-hybridized carbons (Fsp3) is 0.250. The zero-order valence-corrected chi connectivity index (χ0v) is 7.08. The van der Waals surface area contributed by atoms with E-state index in [0.717, 1.165) is 12.3 Å². The molecule has 0 unspecified atom stereocenters. The van der Waals surface area contributed by atoms with Gasteiger partial charge in [0.1, 0.15) is 5.69 Å². The van der Waals surface area contributed by atoms with Crippen LogP contribution in [0.15, 0.2) is 12.3 Å². The lowest BCUT2D eigenvalue weighted by atomic mass is 10.1. The van der Waals surface area contributed by atoms with Gasteiger partial charge in [0.15, 0.2) is 0 Å². The van der Waals surface area contributed by atoms with E-state index in [0.29, 0.717) is 0 Å². The molecule has 0 aliphatic rings. The first-order valence-electron chi connectivity index (χ1n) is 3.75. The minimum absolute atomic E-state index is 0.0256. The maximum absolute atomic E-state index is 12.1. The average Bonchev–Trinajstić information content (AvgIpc) is 2.07. The van der Waals surface area contributed by atoms with Gasteiger partial charge in [0, 0.05) is 17.4 Å². The predicted molar refractivity (Wildman–Crippen MR) is 44.9 cm³/mol. The topological polar surface area (TPSA) is 76.2 Å². The van der Waals surface area contributed by atoms with Gasteiger partial charge in [-0.25, -0.2) is 8.78 Å². The molecule has 0 spiro atoms. The maximum atomic E-state index is 12.1. The standard InChI is InChI=1S/C8H8F2N2O2/c9-8(10)6-2-5(11)4(3-12-6)1-7(13)14/h2-3,8H,1H2,(H2,11,12)(H,13,14). The number of pyridine rings is 1. The van der Waals surface area contributed by atoms with Crippen molar-refractivity contribution in [2.24, 2.45) is 0 Å². The quantitative estimate of drug-likeness (QED) is 0.772. The van der Waals surface area contributed by atoms with Crippen LogP contribution in [0.5, 0.6) is 0 Å². The molecule has 0 radical (unpaired) electrons. The Morgan fingerprint density at radius 3 is 2.71 bits per heavy atom. The van der Waals surface area contributed by atoms with E-state index in [2.05, 4.69) is 4.98 Å². The van der Waals surface area contributed by atoms with E-state index in [1.54, 1.807) is 0 Å². The second-order valence-corrected chi connectivity index (χ2v) is 2.68. The maximum Gasteiger partial charge on any atom is 0.307 e. The Kier molecular flexibility index (Phi) is 2.95. The lowest BCUT2D eigenvalue weighted by molar-refractivity contribution is -0.136. The van der Waals surface area contributed by atoms with Crippen molar-refractivity contribution in [1.29, 1.82) is 0 Å². The van der Waals surface area contributed by atoms with Gasteiger partial charge in [-0.3, -0.25) is 9.78 Å². The third-order valence-electron chi connectivity index (χ3n) is 1.61. The number of nitrogens with zero attached hydrogens (tertiary/aromatic N) is 1. The van der Waals surface area contributed by atoms with Crippen molar-refractivity contribution >= 4 is 11.7 Å². The number of alkyl halides is 2. The van der Waals surface area contributed by atoms with E-state index in [1.807, 2.05) is 0 Å². The van der Waals surface area contributed by atoms with Crippen molar-refractivity contribution in [3.8, 4) is 0 Å². The molecular formula is C8H8F2N2O2. The summed E-state index contributed by atoms with van der Waals surface area (Å²) in [6.45, 7) is 0. The zero-order valence-electron chi connectivity index (χ0n) is 7.08. The number of rotatable bonds is 3. The van der Waals surface area contributed by atoms with Gasteiger partial charge in [-0.1, -0.05) is 0 Å². The van der Waals surface area contributed by atoms with Crippen LogP contribution in [-0.4, -0.2) is 16.1 Å². The summed E-state index contributed by atoms with van der Waals surface area (Å²) >= 11 is 0. The third-order valence-corrected chi connectivity index (χ3v) is 1.61. The molecule has 14 heavy (non-hydrogen) atoms. The van der Waals surface area contributed by atoms with Crippen molar-refractivity contribution in [2.45, 2.75) is 12.8 Å². The van der Waals surface area contributed by atoms with Crippen molar-refractivity contribution in [3.63, 3.8) is 0 Å². The van der Waals surface area contributed by atoms with Crippen molar-refractivity contribution in [1.82, 2.24) is 4.98 Å². The third kappa shape index (κ3) is 2.38. The smallest absolute Gasteiger partial charge is 0.307 e. The van der Waals surface area contributed by atoms with Crippen molar-refractivity contribution in [2.75, 3.05) is 5.73 Å². The second kappa shape index (κ2) is 3.99. The summed E-state index contributed by atoms with van der Waals surface area (Å²) in [6, 6.07) is 0.989. The number of hydrogen-bond acceptors (Lipinski definition) is 3. The van der Waals surface area contributed by atoms with Gasteiger partial charge in [0.2, 0.25) is 0 Å². The van der Waals surface area contributed by atoms with Crippen LogP contribution in [0.3, 0.4) is 0 Å². The summed E-state index contributed by atoms with van der Waals surface area (Å²) in [5, 5.41) is 8.44. The molecule has 0 aromatic carbocycles. The zero-order chi connectivity index (χ0) is 10.7. The predicted octanol–water partition coefficient (Wildman–Crippen LogP) is 1.23. The Balaban J connectivity index is 2.95. The number of halogens is 2. The van der Waals surface area contributed by atoms with Crippen LogP contribution < -0.4 is 5.73 Å². The molecular weight excluding hydrogens is 194 g/mol. The van der Waals surface area contributed by atoms with E-state index >= 15 is 0 Å². The van der Waals surface area contributed by atoms with Crippen LogP contribution in [0.2, 0.25) is 0 Å². The number of carboxylic acid groups (broad SMARTS) is 1. The average molecular weight is 202 g/mol. The monoisotopic (exact) mass is 202 g/mol. The van der Waals surface area contributed by atoms with Crippen molar-refractivity contribution in [3.05, 3.63) is 23.5 Å². The first-order valence-corrected chi connectivity index (χ1v) is 3.75. The number of aromatic nitrogens is 1. The number of aliphatic carboxylic acids is 1. The molecule has 1 rings (SSSR count). The number of carboxylic acids is 1. The molecule has 0 aliphatic carbocycles. The van der Waals surface area contributed by atoms with Gasteiger partial charge >= 0.3 is 5.97 Å². The van der Waals surface area contributed by atoms with E-state index in [1.165, 1.54) is 0 Å². The molecule has 0 saturated carbocycles. The molecule has 0 fully saturated rings. The lowest BCUT2D eigenvalue weighted by Crippen LogP contribution is -2.05. The Hall–Kier alpha value is -1.72. The Morgan fingerprint density at radius 1 is 1.64 bits per heavy atom. The normalized spacial score (nSPS) is 10.5. The molecule has 0 aliphatic heterocycles. The van der Waals surface area contributed by atoms with Crippen LogP contribution in [0.1, 0.15) is 17.7 Å². The highest BCUT2D eigenvalue weighted by Crippen LogP contribution is 2.20. The summed E-state index contributed by atoms with van der Waals surface area (Å²) in [7, 11) is 0. The first kappa shape index (κ1) is 10.4. The van der Waals surface area contributed by atoms with E-state index in [4.69, 9.17) is 10.8 Å². The Labute approximate surface area is 78.4 Å². The summed E-state index contributed by atoms with van der Waals surface area (Å²) in [4.78, 5) is 13.7. The second-order valence-electron chi connectivity index (χ2n) is 2.68. The number of nitrogens with two attached hydrogens (primary N) is 1. The lowest BCUT2D eigenvalue weighted by Gasteiger charge is -2.04. The molecule has 6 heteroatoms. The van der Waals surface area contributed by atoms with Crippen LogP contribution in [-0.2, 0) is 11.2 Å². The van der Waals surface area contributed by atoms with Crippen LogP contribution in [0.25, 0.3) is 0 Å². The number of anilines is 1. The molecule has 1 heterocycles. The Bertz CT molecular complexity index is 355. The van der Waals surface area contributed by atoms with Gasteiger partial charge in [-0.15, -0.1) is 0 Å². The van der Waals surface area contributed by atoms with E-state index in [9.17, 15) is 13.6 Å². The van der Waals surface area contributed by atoms with Crippen LogP contribution in [0, 0.1) is 0 Å². The summed E-state index contributed by atoms with van der Waals surface area (Å²) in [5.74, 6) is -1.08. The number of carbonyl (C=O) groups is 1. The summed E-state index contributed by atoms with van der Waals surface area (Å²) < 4.78 is 24.2. The number of nitrogen functional groups attached to an aromatic ring is 1. The summed E-state index contributed by atoms with van der Waals surface area (Å²) in [5.41, 5.74) is 5.19. The number of hydrogen-bond donors (Lipinski definition) is 2. The Morgan fingerprint density at radius 2 is 2.29 bits per heavy atom. The van der Waals surface area contributed by atoms with Gasteiger partial charge in [0.05, 0.1) is 6.42 Å². The van der Waals surface area contributed by atoms with Crippen LogP contribution >= 0.6 is 0 Å². The molecule has 0 amide bonds. The molecule has 1 aromatic heterocycles. The fourth-order valence-electron chi connectivity index (χ4n) is 0.946. The molecule has 76 valence electrons. The fourth-order valence-corrected chi connectivity index (χ4v) is 0.946. The largest absolute Gasteiger partial charge is 0.481 e. The minimum Gasteiger partial charge on any atom is -0.481 e. The van der Waals surface area contributed by atoms with Gasteiger partial charge in [-0.2, -0.15) is 0 Å². The molecule has 0 atom stereocenters. The highest BCUT2D eigenvalue weighted by molar-refractivity contribution is 5.72. The van der Waals surface area contributed by atoms with Crippen LogP contribution in [0.4, 0.5) is 14.5 Å². The molecule has 4 nitrogen and oxygen atoms in total. The van der Waals surface area contributed by atoms with Crippen molar-refractivity contribution < 1.29 is 18.7 Å². The highest BCUT2D eigenvalue weighted by atomic mass is 19.3.